The van der Waals surface area contributed by atoms with Gasteiger partial charge in [-0.1, -0.05) is 13.3 Å². The molecule has 0 spiro atoms. The van der Waals surface area contributed by atoms with E-state index in [1.165, 1.54) is 0 Å². The van der Waals surface area contributed by atoms with Crippen LogP contribution in [0.1, 0.15) is 33.6 Å². The number of carbonyl (C=O) groups is 1. The third kappa shape index (κ3) is 2.78. The van der Waals surface area contributed by atoms with Crippen molar-refractivity contribution in [1.29, 1.82) is 0 Å². The van der Waals surface area contributed by atoms with Crippen molar-refractivity contribution in [2.75, 3.05) is 13.2 Å². The molecule has 0 aromatic carbocycles. The Balaban J connectivity index is 1.86. The fourth-order valence-corrected chi connectivity index (χ4v) is 2.10. The summed E-state index contributed by atoms with van der Waals surface area (Å²) in [5, 5.41) is 0. The monoisotopic (exact) mass is 244 g/mol. The molecule has 2 saturated heterocycles. The third-order valence-corrected chi connectivity index (χ3v) is 2.92. The average molecular weight is 244 g/mol. The lowest BCUT2D eigenvalue weighted by Crippen LogP contribution is -2.33. The van der Waals surface area contributed by atoms with Crippen molar-refractivity contribution in [3.63, 3.8) is 0 Å². The highest BCUT2D eigenvalue weighted by molar-refractivity contribution is 5.78. The summed E-state index contributed by atoms with van der Waals surface area (Å²) in [6.07, 6.45) is 0.829. The van der Waals surface area contributed by atoms with Crippen molar-refractivity contribution >= 4 is 5.97 Å². The molecule has 0 amide bonds. The molecule has 5 heteroatoms. The smallest absolute Gasteiger partial charge is 0.338 e. The third-order valence-electron chi connectivity index (χ3n) is 2.92. The second kappa shape index (κ2) is 4.92. The Bertz CT molecular complexity index is 289. The highest BCUT2D eigenvalue weighted by atomic mass is 16.8. The number of hydrogen-bond acceptors (Lipinski definition) is 5. The van der Waals surface area contributed by atoms with Gasteiger partial charge in [-0.3, -0.25) is 0 Å². The van der Waals surface area contributed by atoms with E-state index in [1.807, 2.05) is 0 Å². The van der Waals surface area contributed by atoms with Crippen molar-refractivity contribution in [3.8, 4) is 0 Å². The largest absolute Gasteiger partial charge is 0.455 e. The molecule has 2 fully saturated rings. The Hall–Kier alpha value is -0.650. The SMILES string of the molecule is CCCCOC[C@@H]1OC(=O)C2OC(C)(C)O[C@@H]21. The van der Waals surface area contributed by atoms with Crippen molar-refractivity contribution < 1.29 is 23.7 Å². The number of unbranched alkanes of at least 4 members (excludes halogenated alkanes) is 1. The number of hydrogen-bond donors (Lipinski definition) is 0. The van der Waals surface area contributed by atoms with Crippen LogP contribution in [0.5, 0.6) is 0 Å². The Morgan fingerprint density at radius 1 is 1.35 bits per heavy atom. The van der Waals surface area contributed by atoms with Crippen molar-refractivity contribution in [1.82, 2.24) is 0 Å². The number of cyclic esters (lactones) is 1. The van der Waals surface area contributed by atoms with Crippen LogP contribution in [-0.4, -0.2) is 43.3 Å². The molecule has 0 aliphatic carbocycles. The van der Waals surface area contributed by atoms with Gasteiger partial charge >= 0.3 is 5.97 Å². The van der Waals surface area contributed by atoms with Crippen LogP contribution in [-0.2, 0) is 23.7 Å². The first kappa shape index (κ1) is 12.8. The Morgan fingerprint density at radius 2 is 2.12 bits per heavy atom. The standard InChI is InChI=1S/C12H20O5/c1-4-5-6-14-7-8-9-10(11(13)15-8)17-12(2,3)16-9/h8-10H,4-7H2,1-3H3/t8-,9+,10?/m0/s1. The molecule has 98 valence electrons. The van der Waals surface area contributed by atoms with Crippen molar-refractivity contribution in [2.24, 2.45) is 0 Å². The van der Waals surface area contributed by atoms with E-state index in [4.69, 9.17) is 18.9 Å². The molecule has 2 aliphatic rings. The van der Waals surface area contributed by atoms with E-state index >= 15 is 0 Å². The molecule has 0 aromatic rings. The lowest BCUT2D eigenvalue weighted by atomic mass is 10.1. The van der Waals surface area contributed by atoms with Crippen LogP contribution in [0.2, 0.25) is 0 Å². The first-order valence-corrected chi connectivity index (χ1v) is 6.17. The molecule has 1 unspecified atom stereocenters. The van der Waals surface area contributed by atoms with Crippen LogP contribution in [0.3, 0.4) is 0 Å². The molecule has 0 aromatic heterocycles. The van der Waals surface area contributed by atoms with Gasteiger partial charge in [0.05, 0.1) is 6.61 Å². The maximum Gasteiger partial charge on any atom is 0.338 e. The molecule has 2 rings (SSSR count). The number of esters is 1. The van der Waals surface area contributed by atoms with Crippen LogP contribution in [0.15, 0.2) is 0 Å². The molecule has 2 aliphatic heterocycles. The van der Waals surface area contributed by atoms with Gasteiger partial charge in [-0.05, 0) is 20.3 Å². The summed E-state index contributed by atoms with van der Waals surface area (Å²) in [5.74, 6) is -1.05. The summed E-state index contributed by atoms with van der Waals surface area (Å²) in [4.78, 5) is 11.6. The van der Waals surface area contributed by atoms with E-state index in [0.717, 1.165) is 12.8 Å². The van der Waals surface area contributed by atoms with E-state index in [9.17, 15) is 4.79 Å². The fourth-order valence-electron chi connectivity index (χ4n) is 2.10. The number of carbonyl (C=O) groups excluding carboxylic acids is 1. The Labute approximate surface area is 101 Å². The predicted molar refractivity (Wildman–Crippen MR) is 59.4 cm³/mol. The van der Waals surface area contributed by atoms with Crippen LogP contribution < -0.4 is 0 Å². The summed E-state index contributed by atoms with van der Waals surface area (Å²) in [7, 11) is 0. The zero-order chi connectivity index (χ0) is 12.5. The lowest BCUT2D eigenvalue weighted by Gasteiger charge is -2.21. The highest BCUT2D eigenvalue weighted by Gasteiger charge is 2.55. The minimum atomic E-state index is -0.712. The molecular formula is C12H20O5. The second-order valence-corrected chi connectivity index (χ2v) is 4.92. The molecule has 0 radical (unpaired) electrons. The second-order valence-electron chi connectivity index (χ2n) is 4.92. The number of ether oxygens (including phenoxy) is 4. The van der Waals surface area contributed by atoms with Crippen LogP contribution in [0.25, 0.3) is 0 Å². The van der Waals surface area contributed by atoms with E-state index in [2.05, 4.69) is 6.92 Å². The molecule has 0 saturated carbocycles. The summed E-state index contributed by atoms with van der Waals surface area (Å²) < 4.78 is 21.8. The van der Waals surface area contributed by atoms with Gasteiger partial charge in [0.15, 0.2) is 18.0 Å². The maximum absolute atomic E-state index is 11.6. The minimum absolute atomic E-state index is 0.334. The predicted octanol–water partition coefficient (Wildman–Crippen LogP) is 1.25. The topological polar surface area (TPSA) is 54.0 Å². The van der Waals surface area contributed by atoms with E-state index in [0.29, 0.717) is 13.2 Å². The molecule has 2 heterocycles. The fraction of sp³-hybridized carbons (Fsp3) is 0.917. The van der Waals surface area contributed by atoms with Crippen LogP contribution >= 0.6 is 0 Å². The van der Waals surface area contributed by atoms with Gasteiger partial charge in [-0.2, -0.15) is 0 Å². The van der Waals surface area contributed by atoms with Crippen LogP contribution in [0.4, 0.5) is 0 Å². The van der Waals surface area contributed by atoms with Gasteiger partial charge in [0.2, 0.25) is 0 Å². The maximum atomic E-state index is 11.6. The quantitative estimate of drug-likeness (QED) is 0.538. The molecule has 0 bridgehead atoms. The number of fused-ring (bicyclic) bond motifs is 1. The minimum Gasteiger partial charge on any atom is -0.455 e. The van der Waals surface area contributed by atoms with Crippen molar-refractivity contribution in [2.45, 2.75) is 57.7 Å². The van der Waals surface area contributed by atoms with Gasteiger partial charge in [-0.25, -0.2) is 4.79 Å². The molecule has 0 N–H and O–H groups in total. The van der Waals surface area contributed by atoms with E-state index in [1.54, 1.807) is 13.8 Å². The molecule has 3 atom stereocenters. The lowest BCUT2D eigenvalue weighted by molar-refractivity contribution is -0.190. The van der Waals surface area contributed by atoms with E-state index in [-0.39, 0.29) is 18.2 Å². The zero-order valence-electron chi connectivity index (χ0n) is 10.6. The van der Waals surface area contributed by atoms with E-state index < -0.39 is 11.9 Å². The van der Waals surface area contributed by atoms with Gasteiger partial charge in [0.25, 0.3) is 0 Å². The zero-order valence-corrected chi connectivity index (χ0v) is 10.6. The van der Waals surface area contributed by atoms with Gasteiger partial charge in [-0.15, -0.1) is 0 Å². The Morgan fingerprint density at radius 3 is 2.82 bits per heavy atom. The summed E-state index contributed by atoms with van der Waals surface area (Å²) in [5.41, 5.74) is 0. The average Bonchev–Trinajstić information content (AvgIpc) is 2.70. The molecule has 17 heavy (non-hydrogen) atoms. The summed E-state index contributed by atoms with van der Waals surface area (Å²) in [6.45, 7) is 6.77. The van der Waals surface area contributed by atoms with Gasteiger partial charge < -0.3 is 18.9 Å². The summed E-state index contributed by atoms with van der Waals surface area (Å²) in [6, 6.07) is 0. The van der Waals surface area contributed by atoms with Crippen LogP contribution in [0, 0.1) is 0 Å². The first-order chi connectivity index (χ1) is 8.03. The molecule has 5 nitrogen and oxygen atoms in total. The molecular weight excluding hydrogens is 224 g/mol. The van der Waals surface area contributed by atoms with Crippen molar-refractivity contribution in [3.05, 3.63) is 0 Å². The first-order valence-electron chi connectivity index (χ1n) is 6.17. The summed E-state index contributed by atoms with van der Waals surface area (Å²) >= 11 is 0. The Kier molecular flexibility index (Phi) is 3.70. The number of rotatable bonds is 5. The van der Waals surface area contributed by atoms with Gasteiger partial charge in [0, 0.05) is 6.61 Å². The highest BCUT2D eigenvalue weighted by Crippen LogP contribution is 2.35. The normalized spacial score (nSPS) is 34.8. The van der Waals surface area contributed by atoms with Gasteiger partial charge in [0.1, 0.15) is 6.10 Å².